The maximum Gasteiger partial charge on any atom is 0.146 e. The van der Waals surface area contributed by atoms with Gasteiger partial charge in [-0.1, -0.05) is 11.3 Å². The molecular weight excluding hydrogens is 376 g/mol. The molecule has 1 N–H and O–H groups in total. The first-order valence-corrected chi connectivity index (χ1v) is 7.47. The number of rotatable bonds is 2. The zero-order valence-electron chi connectivity index (χ0n) is 9.95. The van der Waals surface area contributed by atoms with Gasteiger partial charge >= 0.3 is 0 Å². The van der Waals surface area contributed by atoms with Crippen LogP contribution in [0.3, 0.4) is 0 Å². The highest BCUT2D eigenvalue weighted by atomic mass is 127. The van der Waals surface area contributed by atoms with Gasteiger partial charge in [0, 0.05) is 12.6 Å². The summed E-state index contributed by atoms with van der Waals surface area (Å²) in [6.45, 7) is 0. The SMILES string of the molecule is CNc1ccc(-c2nc3ccc(I)nc3s2)cc1F. The van der Waals surface area contributed by atoms with E-state index in [1.54, 1.807) is 13.1 Å². The Bertz CT molecular complexity index is 757. The van der Waals surface area contributed by atoms with E-state index in [1.165, 1.54) is 17.4 Å². The molecule has 3 nitrogen and oxygen atoms in total. The molecule has 6 heteroatoms. The smallest absolute Gasteiger partial charge is 0.146 e. The lowest BCUT2D eigenvalue weighted by atomic mass is 10.2. The van der Waals surface area contributed by atoms with E-state index in [0.717, 1.165) is 24.6 Å². The van der Waals surface area contributed by atoms with E-state index in [0.29, 0.717) is 5.69 Å². The fourth-order valence-electron chi connectivity index (χ4n) is 1.77. The molecule has 0 saturated carbocycles. The normalized spacial score (nSPS) is 10.9. The number of fused-ring (bicyclic) bond motifs is 1. The van der Waals surface area contributed by atoms with Crippen molar-refractivity contribution in [2.24, 2.45) is 0 Å². The van der Waals surface area contributed by atoms with E-state index in [9.17, 15) is 4.39 Å². The second-order valence-electron chi connectivity index (χ2n) is 3.92. The van der Waals surface area contributed by atoms with Gasteiger partial charge < -0.3 is 5.32 Å². The van der Waals surface area contributed by atoms with Crippen molar-refractivity contribution in [1.82, 2.24) is 9.97 Å². The van der Waals surface area contributed by atoms with Crippen molar-refractivity contribution < 1.29 is 4.39 Å². The molecule has 3 rings (SSSR count). The third-order valence-electron chi connectivity index (χ3n) is 2.71. The van der Waals surface area contributed by atoms with Crippen LogP contribution in [-0.4, -0.2) is 17.0 Å². The van der Waals surface area contributed by atoms with Crippen molar-refractivity contribution >= 4 is 50.0 Å². The van der Waals surface area contributed by atoms with Crippen molar-refractivity contribution in [3.05, 3.63) is 39.8 Å². The molecule has 19 heavy (non-hydrogen) atoms. The summed E-state index contributed by atoms with van der Waals surface area (Å²) >= 11 is 3.64. The molecule has 0 saturated heterocycles. The van der Waals surface area contributed by atoms with Gasteiger partial charge in [-0.2, -0.15) is 0 Å². The summed E-state index contributed by atoms with van der Waals surface area (Å²) in [5, 5.41) is 3.59. The lowest BCUT2D eigenvalue weighted by Gasteiger charge is -2.03. The summed E-state index contributed by atoms with van der Waals surface area (Å²) in [5.74, 6) is -0.276. The Morgan fingerprint density at radius 3 is 2.79 bits per heavy atom. The zero-order valence-corrected chi connectivity index (χ0v) is 12.9. The Balaban J connectivity index is 2.11. The summed E-state index contributed by atoms with van der Waals surface area (Å²) in [4.78, 5) is 9.78. The van der Waals surface area contributed by atoms with Crippen LogP contribution in [0.5, 0.6) is 0 Å². The molecule has 2 heterocycles. The van der Waals surface area contributed by atoms with Crippen LogP contribution in [0.4, 0.5) is 10.1 Å². The molecule has 0 bridgehead atoms. The van der Waals surface area contributed by atoms with E-state index in [4.69, 9.17) is 0 Å². The second kappa shape index (κ2) is 5.01. The Morgan fingerprint density at radius 1 is 1.21 bits per heavy atom. The predicted octanol–water partition coefficient (Wildman–Crippen LogP) is 4.14. The number of anilines is 1. The van der Waals surface area contributed by atoms with Crippen LogP contribution in [0, 0.1) is 9.52 Å². The van der Waals surface area contributed by atoms with Crippen molar-refractivity contribution in [2.75, 3.05) is 12.4 Å². The quantitative estimate of drug-likeness (QED) is 0.532. The van der Waals surface area contributed by atoms with Crippen LogP contribution < -0.4 is 5.32 Å². The van der Waals surface area contributed by atoms with E-state index < -0.39 is 0 Å². The van der Waals surface area contributed by atoms with Crippen LogP contribution in [0.2, 0.25) is 0 Å². The lowest BCUT2D eigenvalue weighted by molar-refractivity contribution is 0.632. The number of hydrogen-bond acceptors (Lipinski definition) is 4. The van der Waals surface area contributed by atoms with Crippen LogP contribution in [0.25, 0.3) is 20.9 Å². The Hall–Kier alpha value is -1.28. The molecule has 0 aliphatic heterocycles. The molecule has 2 aromatic heterocycles. The van der Waals surface area contributed by atoms with Crippen molar-refractivity contribution in [2.45, 2.75) is 0 Å². The molecule has 0 aliphatic carbocycles. The molecule has 0 spiro atoms. The maximum atomic E-state index is 13.8. The molecule has 1 aromatic carbocycles. The average molecular weight is 385 g/mol. The summed E-state index contributed by atoms with van der Waals surface area (Å²) in [7, 11) is 1.70. The van der Waals surface area contributed by atoms with Crippen molar-refractivity contribution in [3.63, 3.8) is 0 Å². The Labute approximate surface area is 127 Å². The highest BCUT2D eigenvalue weighted by molar-refractivity contribution is 14.1. The summed E-state index contributed by atoms with van der Waals surface area (Å²) in [5.41, 5.74) is 2.10. The number of aromatic nitrogens is 2. The van der Waals surface area contributed by atoms with Gasteiger partial charge in [0.15, 0.2) is 0 Å². The second-order valence-corrected chi connectivity index (χ2v) is 6.00. The third-order valence-corrected chi connectivity index (χ3v) is 4.32. The van der Waals surface area contributed by atoms with Gasteiger partial charge in [-0.15, -0.1) is 0 Å². The first kappa shape index (κ1) is 12.7. The summed E-state index contributed by atoms with van der Waals surface area (Å²) in [6, 6.07) is 8.92. The summed E-state index contributed by atoms with van der Waals surface area (Å²) < 4.78 is 14.7. The molecular formula is C13H9FIN3S. The minimum absolute atomic E-state index is 0.276. The Kier molecular flexibility index (Phi) is 3.36. The van der Waals surface area contributed by atoms with E-state index in [-0.39, 0.29) is 5.82 Å². The van der Waals surface area contributed by atoms with Crippen LogP contribution in [0.1, 0.15) is 0 Å². The molecule has 0 fully saturated rings. The number of pyridine rings is 1. The maximum absolute atomic E-state index is 13.8. The topological polar surface area (TPSA) is 37.8 Å². The van der Waals surface area contributed by atoms with Gasteiger partial charge in [0.2, 0.25) is 0 Å². The molecule has 96 valence electrons. The molecule has 0 atom stereocenters. The first-order chi connectivity index (χ1) is 9.17. The predicted molar refractivity (Wildman–Crippen MR) is 85.1 cm³/mol. The minimum Gasteiger partial charge on any atom is -0.386 e. The molecule has 0 unspecified atom stereocenters. The number of thiazole rings is 1. The van der Waals surface area contributed by atoms with Gasteiger partial charge in [-0.3, -0.25) is 0 Å². The third kappa shape index (κ3) is 2.42. The number of nitrogens with one attached hydrogen (secondary N) is 1. The van der Waals surface area contributed by atoms with Crippen molar-refractivity contribution in [1.29, 1.82) is 0 Å². The largest absolute Gasteiger partial charge is 0.386 e. The van der Waals surface area contributed by atoms with Crippen LogP contribution >= 0.6 is 33.9 Å². The molecule has 0 amide bonds. The Morgan fingerprint density at radius 2 is 2.05 bits per heavy atom. The fourth-order valence-corrected chi connectivity index (χ4v) is 3.29. The van der Waals surface area contributed by atoms with E-state index in [1.807, 2.05) is 18.2 Å². The van der Waals surface area contributed by atoms with Gasteiger partial charge in [0.25, 0.3) is 0 Å². The van der Waals surface area contributed by atoms with Gasteiger partial charge in [0.1, 0.15) is 24.9 Å². The van der Waals surface area contributed by atoms with Gasteiger partial charge in [-0.05, 0) is 52.9 Å². The fraction of sp³-hybridized carbons (Fsp3) is 0.0769. The average Bonchev–Trinajstić information content (AvgIpc) is 2.81. The molecule has 0 radical (unpaired) electrons. The number of benzene rings is 1. The highest BCUT2D eigenvalue weighted by Crippen LogP contribution is 2.31. The molecule has 3 aromatic rings. The first-order valence-electron chi connectivity index (χ1n) is 5.58. The van der Waals surface area contributed by atoms with Crippen LogP contribution in [-0.2, 0) is 0 Å². The highest BCUT2D eigenvalue weighted by Gasteiger charge is 2.10. The monoisotopic (exact) mass is 385 g/mol. The minimum atomic E-state index is -0.276. The van der Waals surface area contributed by atoms with Gasteiger partial charge in [-0.25, -0.2) is 14.4 Å². The van der Waals surface area contributed by atoms with Gasteiger partial charge in [0.05, 0.1) is 5.69 Å². The summed E-state index contributed by atoms with van der Waals surface area (Å²) in [6.07, 6.45) is 0. The lowest BCUT2D eigenvalue weighted by Crippen LogP contribution is -1.92. The number of nitrogens with zero attached hydrogens (tertiary/aromatic N) is 2. The standard InChI is InChI=1S/C13H9FIN3S/c1-16-9-3-2-7(6-8(9)14)12-17-10-4-5-11(15)18-13(10)19-12/h2-6,16H,1H3. The molecule has 0 aliphatic rings. The number of hydrogen-bond donors (Lipinski definition) is 1. The van der Waals surface area contributed by atoms with Crippen molar-refractivity contribution in [3.8, 4) is 10.6 Å². The van der Waals surface area contributed by atoms with Crippen LogP contribution in [0.15, 0.2) is 30.3 Å². The van der Waals surface area contributed by atoms with E-state index in [2.05, 4.69) is 37.9 Å². The van der Waals surface area contributed by atoms with E-state index >= 15 is 0 Å². The number of halogens is 2. The zero-order chi connectivity index (χ0) is 13.4.